The molecule has 0 amide bonds. The Bertz CT molecular complexity index is 835. The maximum absolute atomic E-state index is 5.63. The third-order valence-corrected chi connectivity index (χ3v) is 7.33. The van der Waals surface area contributed by atoms with Crippen molar-refractivity contribution in [1.29, 1.82) is 0 Å². The molecule has 0 N–H and O–H groups in total. The Labute approximate surface area is 209 Å². The quantitative estimate of drug-likeness (QED) is 0.203. The second-order valence-electron chi connectivity index (χ2n) is 10.1. The highest BCUT2D eigenvalue weighted by Crippen LogP contribution is 2.32. The van der Waals surface area contributed by atoms with Crippen molar-refractivity contribution in [1.82, 2.24) is 0 Å². The molecule has 0 aliphatic heterocycles. The first kappa shape index (κ1) is 26.5. The Kier molecular flexibility index (Phi) is 12.2. The topological polar surface area (TPSA) is 9.23 Å². The predicted octanol–water partition coefficient (Wildman–Crippen LogP) is 9.05. The van der Waals surface area contributed by atoms with E-state index in [1.807, 2.05) is 19.1 Å². The van der Waals surface area contributed by atoms with E-state index in [0.717, 1.165) is 24.7 Å². The van der Waals surface area contributed by atoms with E-state index in [1.165, 1.54) is 80.0 Å². The number of ether oxygens (including phenoxy) is 1. The molecule has 0 aromatic heterocycles. The summed E-state index contributed by atoms with van der Waals surface area (Å²) in [6, 6.07) is 18.3. The minimum Gasteiger partial charge on any atom is -0.373 e. The van der Waals surface area contributed by atoms with Crippen molar-refractivity contribution >= 4 is 0 Å². The van der Waals surface area contributed by atoms with Crippen LogP contribution in [0, 0.1) is 11.8 Å². The molecule has 1 saturated carbocycles. The van der Waals surface area contributed by atoms with Crippen molar-refractivity contribution in [3.63, 3.8) is 0 Å². The van der Waals surface area contributed by atoms with Gasteiger partial charge >= 0.3 is 0 Å². The zero-order valence-corrected chi connectivity index (χ0v) is 21.7. The van der Waals surface area contributed by atoms with Crippen molar-refractivity contribution < 1.29 is 4.74 Å². The Morgan fingerprint density at radius 3 is 1.91 bits per heavy atom. The van der Waals surface area contributed by atoms with Gasteiger partial charge in [-0.15, -0.1) is 0 Å². The Morgan fingerprint density at radius 1 is 0.735 bits per heavy atom. The van der Waals surface area contributed by atoms with Gasteiger partial charge in [-0.25, -0.2) is 0 Å². The third-order valence-electron chi connectivity index (χ3n) is 7.33. The minimum atomic E-state index is 0.684. The largest absolute Gasteiger partial charge is 0.373 e. The van der Waals surface area contributed by atoms with Gasteiger partial charge in [0.2, 0.25) is 0 Å². The van der Waals surface area contributed by atoms with Crippen molar-refractivity contribution in [2.75, 3.05) is 6.61 Å². The van der Waals surface area contributed by atoms with Crippen LogP contribution in [0.4, 0.5) is 0 Å². The summed E-state index contributed by atoms with van der Waals surface area (Å²) in [4.78, 5) is 0. The molecule has 1 aliphatic carbocycles. The molecule has 0 atom stereocenters. The maximum Gasteiger partial charge on any atom is 0.0721 e. The monoisotopic (exact) mass is 458 g/mol. The van der Waals surface area contributed by atoms with Crippen LogP contribution in [0.3, 0.4) is 0 Å². The van der Waals surface area contributed by atoms with Gasteiger partial charge in [0.15, 0.2) is 0 Å². The fraction of sp³-hybridized carbons (Fsp3) is 0.515. The fourth-order valence-corrected chi connectivity index (χ4v) is 5.06. The summed E-state index contributed by atoms with van der Waals surface area (Å²) in [5, 5.41) is 0. The van der Waals surface area contributed by atoms with Gasteiger partial charge < -0.3 is 4.74 Å². The van der Waals surface area contributed by atoms with E-state index in [1.54, 1.807) is 0 Å². The molecule has 0 spiro atoms. The van der Waals surface area contributed by atoms with Crippen LogP contribution in [-0.4, -0.2) is 6.61 Å². The molecule has 3 rings (SSSR count). The highest BCUT2D eigenvalue weighted by molar-refractivity contribution is 5.26. The first-order valence-electron chi connectivity index (χ1n) is 13.8. The molecule has 2 aromatic rings. The number of aryl methyl sites for hydroxylation is 3. The van der Waals surface area contributed by atoms with E-state index in [4.69, 9.17) is 4.74 Å². The Balaban J connectivity index is 1.29. The molecule has 1 aliphatic rings. The third kappa shape index (κ3) is 10.0. The van der Waals surface area contributed by atoms with Crippen LogP contribution in [0.2, 0.25) is 0 Å². The molecule has 1 fully saturated rings. The van der Waals surface area contributed by atoms with E-state index >= 15 is 0 Å². The summed E-state index contributed by atoms with van der Waals surface area (Å²) in [6.07, 6.45) is 23.4. The Hall–Kier alpha value is -2.12. The van der Waals surface area contributed by atoms with Crippen molar-refractivity contribution in [2.45, 2.75) is 91.1 Å². The van der Waals surface area contributed by atoms with Gasteiger partial charge in [-0.1, -0.05) is 92.6 Å². The standard InChI is InChI=1S/C33H46O/c1-3-5-9-28-12-14-29(15-13-28)10-7-8-11-30-16-18-31(19-17-30)20-21-32-22-24-33(25-23-32)27-34-26-6-4-2/h4-6,9,16-19,22-25,28-29H,3,7-8,10-15,20-21,26-27H2,1-2H3/b6-4?,9-5+. The summed E-state index contributed by atoms with van der Waals surface area (Å²) in [7, 11) is 0. The van der Waals surface area contributed by atoms with Gasteiger partial charge in [0.05, 0.1) is 13.2 Å². The molecular weight excluding hydrogens is 412 g/mol. The average molecular weight is 459 g/mol. The van der Waals surface area contributed by atoms with Gasteiger partial charge in [-0.05, 0) is 98.8 Å². The minimum absolute atomic E-state index is 0.684. The van der Waals surface area contributed by atoms with Gasteiger partial charge in [0.1, 0.15) is 0 Å². The molecule has 0 radical (unpaired) electrons. The van der Waals surface area contributed by atoms with Crippen LogP contribution < -0.4 is 0 Å². The summed E-state index contributed by atoms with van der Waals surface area (Å²) in [5.74, 6) is 1.84. The van der Waals surface area contributed by atoms with Gasteiger partial charge in [-0.2, -0.15) is 0 Å². The number of hydrogen-bond donors (Lipinski definition) is 0. The van der Waals surface area contributed by atoms with Crippen LogP contribution in [0.5, 0.6) is 0 Å². The van der Waals surface area contributed by atoms with E-state index in [-0.39, 0.29) is 0 Å². The molecule has 34 heavy (non-hydrogen) atoms. The van der Waals surface area contributed by atoms with Crippen LogP contribution in [0.1, 0.15) is 87.5 Å². The number of rotatable bonds is 14. The lowest BCUT2D eigenvalue weighted by Crippen LogP contribution is -2.13. The second kappa shape index (κ2) is 15.7. The SMILES string of the molecule is CC=CCOCc1ccc(CCc2ccc(CCCCC3CCC(/C=C/CC)CC3)cc2)cc1. The highest BCUT2D eigenvalue weighted by Gasteiger charge is 2.18. The van der Waals surface area contributed by atoms with Gasteiger partial charge in [0, 0.05) is 0 Å². The number of allylic oxidation sites excluding steroid dienone is 3. The smallest absolute Gasteiger partial charge is 0.0721 e. The first-order valence-corrected chi connectivity index (χ1v) is 13.8. The maximum atomic E-state index is 5.63. The molecule has 0 bridgehead atoms. The normalized spacial score (nSPS) is 18.8. The van der Waals surface area contributed by atoms with Crippen LogP contribution in [0.15, 0.2) is 72.8 Å². The molecule has 0 saturated heterocycles. The Morgan fingerprint density at radius 2 is 1.32 bits per heavy atom. The van der Waals surface area contributed by atoms with E-state index in [9.17, 15) is 0 Å². The van der Waals surface area contributed by atoms with Crippen LogP contribution in [0.25, 0.3) is 0 Å². The molecule has 0 heterocycles. The van der Waals surface area contributed by atoms with Gasteiger partial charge in [-0.3, -0.25) is 0 Å². The molecule has 184 valence electrons. The average Bonchev–Trinajstić information content (AvgIpc) is 2.89. The molecule has 1 heteroatoms. The van der Waals surface area contributed by atoms with E-state index in [2.05, 4.69) is 67.6 Å². The number of benzene rings is 2. The summed E-state index contributed by atoms with van der Waals surface area (Å²) in [5.41, 5.74) is 5.59. The molecular formula is C33H46O. The van der Waals surface area contributed by atoms with Crippen molar-refractivity contribution in [3.8, 4) is 0 Å². The second-order valence-corrected chi connectivity index (χ2v) is 10.1. The number of hydrogen-bond acceptors (Lipinski definition) is 1. The van der Waals surface area contributed by atoms with Crippen LogP contribution in [-0.2, 0) is 30.6 Å². The highest BCUT2D eigenvalue weighted by atomic mass is 16.5. The fourth-order valence-electron chi connectivity index (χ4n) is 5.06. The zero-order valence-electron chi connectivity index (χ0n) is 21.7. The van der Waals surface area contributed by atoms with E-state index in [0.29, 0.717) is 13.2 Å². The van der Waals surface area contributed by atoms with Gasteiger partial charge in [0.25, 0.3) is 0 Å². The van der Waals surface area contributed by atoms with Crippen molar-refractivity contribution in [3.05, 3.63) is 95.1 Å². The first-order chi connectivity index (χ1) is 16.8. The van der Waals surface area contributed by atoms with E-state index < -0.39 is 0 Å². The lowest BCUT2D eigenvalue weighted by Gasteiger charge is -2.26. The summed E-state index contributed by atoms with van der Waals surface area (Å²) >= 11 is 0. The number of unbranched alkanes of at least 4 members (excludes halogenated alkanes) is 1. The summed E-state index contributed by atoms with van der Waals surface area (Å²) in [6.45, 7) is 5.63. The zero-order chi connectivity index (χ0) is 23.8. The lowest BCUT2D eigenvalue weighted by atomic mass is 9.79. The van der Waals surface area contributed by atoms with Crippen molar-refractivity contribution in [2.24, 2.45) is 11.8 Å². The lowest BCUT2D eigenvalue weighted by molar-refractivity contribution is 0.148. The molecule has 2 aromatic carbocycles. The summed E-state index contributed by atoms with van der Waals surface area (Å²) < 4.78 is 5.63. The predicted molar refractivity (Wildman–Crippen MR) is 147 cm³/mol. The molecule has 0 unspecified atom stereocenters. The molecule has 1 nitrogen and oxygen atoms in total. The van der Waals surface area contributed by atoms with Crippen LogP contribution >= 0.6 is 0 Å².